The molecule has 0 heterocycles. The minimum Gasteiger partial charge on any atom is -0.386 e. The molecule has 1 aliphatic rings. The van der Waals surface area contributed by atoms with Crippen molar-refractivity contribution in [1.29, 1.82) is 5.41 Å². The monoisotopic (exact) mass is 212 g/mol. The average molecular weight is 212 g/mol. The van der Waals surface area contributed by atoms with Crippen LogP contribution in [0.5, 0.6) is 0 Å². The second-order valence-corrected chi connectivity index (χ2v) is 4.33. The third-order valence-corrected chi connectivity index (χ3v) is 3.13. The van der Waals surface area contributed by atoms with Gasteiger partial charge in [0.2, 0.25) is 0 Å². The van der Waals surface area contributed by atoms with Crippen molar-refractivity contribution in [2.45, 2.75) is 51.1 Å². The Morgan fingerprint density at radius 2 is 2.20 bits per heavy atom. The summed E-state index contributed by atoms with van der Waals surface area (Å²) in [6.07, 6.45) is 3.90. The maximum atomic E-state index is 11.6. The van der Waals surface area contributed by atoms with Crippen molar-refractivity contribution >= 4 is 11.9 Å². The SMILES string of the molecule is CCC(C)(NC(=O)NC1CCC1)C(=N)N. The molecule has 2 amide bonds. The Kier molecular flexibility index (Phi) is 3.55. The van der Waals surface area contributed by atoms with E-state index in [1.807, 2.05) is 6.92 Å². The van der Waals surface area contributed by atoms with Gasteiger partial charge in [0, 0.05) is 6.04 Å². The second kappa shape index (κ2) is 4.51. The van der Waals surface area contributed by atoms with Crippen LogP contribution >= 0.6 is 0 Å². The quantitative estimate of drug-likeness (QED) is 0.412. The molecule has 0 spiro atoms. The molecule has 1 saturated carbocycles. The van der Waals surface area contributed by atoms with Crippen LogP contribution in [0.4, 0.5) is 4.79 Å². The van der Waals surface area contributed by atoms with Crippen molar-refractivity contribution in [2.75, 3.05) is 0 Å². The van der Waals surface area contributed by atoms with Crippen LogP contribution < -0.4 is 16.4 Å². The van der Waals surface area contributed by atoms with Gasteiger partial charge in [-0.25, -0.2) is 4.79 Å². The highest BCUT2D eigenvalue weighted by molar-refractivity contribution is 5.91. The molecule has 0 aromatic carbocycles. The third-order valence-electron chi connectivity index (χ3n) is 3.13. The molecule has 1 fully saturated rings. The van der Waals surface area contributed by atoms with E-state index < -0.39 is 5.54 Å². The Morgan fingerprint density at radius 1 is 1.60 bits per heavy atom. The molecule has 0 radical (unpaired) electrons. The topological polar surface area (TPSA) is 91.0 Å². The molecule has 15 heavy (non-hydrogen) atoms. The lowest BCUT2D eigenvalue weighted by atomic mass is 9.93. The summed E-state index contributed by atoms with van der Waals surface area (Å²) in [6, 6.07) is 0.0808. The number of amidine groups is 1. The maximum Gasteiger partial charge on any atom is 0.315 e. The summed E-state index contributed by atoms with van der Waals surface area (Å²) >= 11 is 0. The van der Waals surface area contributed by atoms with Crippen LogP contribution in [0.1, 0.15) is 39.5 Å². The van der Waals surface area contributed by atoms with E-state index in [4.69, 9.17) is 11.1 Å². The number of carbonyl (C=O) groups excluding carboxylic acids is 1. The van der Waals surface area contributed by atoms with Gasteiger partial charge in [-0.05, 0) is 32.6 Å². The Bertz CT molecular complexity index is 262. The molecule has 86 valence electrons. The van der Waals surface area contributed by atoms with E-state index in [-0.39, 0.29) is 11.9 Å². The number of urea groups is 1. The lowest BCUT2D eigenvalue weighted by molar-refractivity contribution is 0.221. The first kappa shape index (κ1) is 11.8. The van der Waals surface area contributed by atoms with E-state index in [0.717, 1.165) is 12.8 Å². The van der Waals surface area contributed by atoms with Gasteiger partial charge in [0.05, 0.1) is 5.54 Å². The van der Waals surface area contributed by atoms with Crippen molar-refractivity contribution in [3.05, 3.63) is 0 Å². The molecule has 1 rings (SSSR count). The number of carbonyl (C=O) groups is 1. The fourth-order valence-electron chi connectivity index (χ4n) is 1.37. The highest BCUT2D eigenvalue weighted by Crippen LogP contribution is 2.18. The van der Waals surface area contributed by atoms with Gasteiger partial charge in [-0.1, -0.05) is 6.92 Å². The highest BCUT2D eigenvalue weighted by Gasteiger charge is 2.29. The van der Waals surface area contributed by atoms with Crippen LogP contribution in [0.3, 0.4) is 0 Å². The summed E-state index contributed by atoms with van der Waals surface area (Å²) in [5.74, 6) is -0.00578. The van der Waals surface area contributed by atoms with Gasteiger partial charge in [-0.3, -0.25) is 5.41 Å². The Labute approximate surface area is 90.3 Å². The molecule has 0 saturated heterocycles. The number of nitrogens with one attached hydrogen (secondary N) is 3. The summed E-state index contributed by atoms with van der Waals surface area (Å²) in [7, 11) is 0. The third kappa shape index (κ3) is 2.84. The van der Waals surface area contributed by atoms with Gasteiger partial charge in [0.1, 0.15) is 5.84 Å². The first-order valence-corrected chi connectivity index (χ1v) is 5.41. The first-order valence-electron chi connectivity index (χ1n) is 5.41. The molecule has 5 nitrogen and oxygen atoms in total. The molecule has 1 atom stereocenters. The molecular formula is C10H20N4O. The number of amides is 2. The lowest BCUT2D eigenvalue weighted by Gasteiger charge is -2.31. The van der Waals surface area contributed by atoms with Crippen molar-refractivity contribution in [3.63, 3.8) is 0 Å². The van der Waals surface area contributed by atoms with Gasteiger partial charge in [-0.15, -0.1) is 0 Å². The van der Waals surface area contributed by atoms with Crippen molar-refractivity contribution < 1.29 is 4.79 Å². The van der Waals surface area contributed by atoms with E-state index in [2.05, 4.69) is 10.6 Å². The van der Waals surface area contributed by atoms with E-state index in [1.54, 1.807) is 6.92 Å². The van der Waals surface area contributed by atoms with Gasteiger partial charge < -0.3 is 16.4 Å². The minimum atomic E-state index is -0.728. The second-order valence-electron chi connectivity index (χ2n) is 4.33. The normalized spacial score (nSPS) is 19.9. The van der Waals surface area contributed by atoms with Crippen molar-refractivity contribution in [1.82, 2.24) is 10.6 Å². The number of nitrogens with two attached hydrogens (primary N) is 1. The molecule has 0 aromatic rings. The summed E-state index contributed by atoms with van der Waals surface area (Å²) in [5.41, 5.74) is 4.72. The fourth-order valence-corrected chi connectivity index (χ4v) is 1.37. The zero-order chi connectivity index (χ0) is 11.5. The van der Waals surface area contributed by atoms with E-state index >= 15 is 0 Å². The summed E-state index contributed by atoms with van der Waals surface area (Å²) in [5, 5.41) is 13.0. The molecule has 0 aromatic heterocycles. The van der Waals surface area contributed by atoms with Crippen LogP contribution in [0.2, 0.25) is 0 Å². The van der Waals surface area contributed by atoms with E-state index in [1.165, 1.54) is 6.42 Å². The molecule has 5 N–H and O–H groups in total. The van der Waals surface area contributed by atoms with Gasteiger partial charge in [-0.2, -0.15) is 0 Å². The summed E-state index contributed by atoms with van der Waals surface area (Å²) in [6.45, 7) is 3.65. The predicted molar refractivity (Wildman–Crippen MR) is 59.9 cm³/mol. The number of hydrogen-bond acceptors (Lipinski definition) is 2. The van der Waals surface area contributed by atoms with Crippen LogP contribution in [-0.2, 0) is 0 Å². The Balaban J connectivity index is 2.43. The van der Waals surface area contributed by atoms with Gasteiger partial charge in [0.15, 0.2) is 0 Å². The minimum absolute atomic E-state index is 0.00578. The van der Waals surface area contributed by atoms with Crippen LogP contribution in [0.25, 0.3) is 0 Å². The predicted octanol–water partition coefficient (Wildman–Crippen LogP) is 0.943. The van der Waals surface area contributed by atoms with Crippen LogP contribution in [-0.4, -0.2) is 23.4 Å². The Morgan fingerprint density at radius 3 is 2.53 bits per heavy atom. The standard InChI is InChI=1S/C10H20N4O/c1-3-10(2,8(11)12)14-9(15)13-7-5-4-6-7/h7H,3-6H2,1-2H3,(H3,11,12)(H2,13,14,15). The highest BCUT2D eigenvalue weighted by atomic mass is 16.2. The maximum absolute atomic E-state index is 11.6. The van der Waals surface area contributed by atoms with E-state index in [0.29, 0.717) is 12.5 Å². The lowest BCUT2D eigenvalue weighted by Crippen LogP contribution is -2.58. The molecule has 5 heteroatoms. The molecule has 0 bridgehead atoms. The van der Waals surface area contributed by atoms with Crippen LogP contribution in [0.15, 0.2) is 0 Å². The smallest absolute Gasteiger partial charge is 0.315 e. The largest absolute Gasteiger partial charge is 0.386 e. The zero-order valence-corrected chi connectivity index (χ0v) is 9.39. The van der Waals surface area contributed by atoms with Crippen molar-refractivity contribution in [2.24, 2.45) is 5.73 Å². The zero-order valence-electron chi connectivity index (χ0n) is 9.39. The molecular weight excluding hydrogens is 192 g/mol. The van der Waals surface area contributed by atoms with Gasteiger partial charge >= 0.3 is 6.03 Å². The van der Waals surface area contributed by atoms with E-state index in [9.17, 15) is 4.79 Å². The summed E-state index contributed by atoms with van der Waals surface area (Å²) < 4.78 is 0. The molecule has 1 unspecified atom stereocenters. The molecule has 1 aliphatic carbocycles. The first-order chi connectivity index (χ1) is 6.98. The fraction of sp³-hybridized carbons (Fsp3) is 0.800. The van der Waals surface area contributed by atoms with Crippen molar-refractivity contribution in [3.8, 4) is 0 Å². The molecule has 0 aliphatic heterocycles. The number of hydrogen-bond donors (Lipinski definition) is 4. The number of rotatable bonds is 4. The average Bonchev–Trinajstić information content (AvgIpc) is 2.11. The summed E-state index contributed by atoms with van der Waals surface area (Å²) in [4.78, 5) is 11.6. The van der Waals surface area contributed by atoms with Crippen LogP contribution in [0, 0.1) is 5.41 Å². The Hall–Kier alpha value is -1.26. The van der Waals surface area contributed by atoms with Gasteiger partial charge in [0.25, 0.3) is 0 Å².